The van der Waals surface area contributed by atoms with Crippen molar-refractivity contribution in [3.05, 3.63) is 23.9 Å². The smallest absolute Gasteiger partial charge is 0.213 e. The highest BCUT2D eigenvalue weighted by Crippen LogP contribution is 2.06. The van der Waals surface area contributed by atoms with Gasteiger partial charge in [0, 0.05) is 6.07 Å². The largest absolute Gasteiger partial charge is 0.481 e. The highest BCUT2D eigenvalue weighted by Gasteiger charge is 1.93. The van der Waals surface area contributed by atoms with Crippen molar-refractivity contribution in [2.45, 2.75) is 6.42 Å². The Morgan fingerprint density at radius 1 is 1.64 bits per heavy atom. The van der Waals surface area contributed by atoms with E-state index in [9.17, 15) is 0 Å². The van der Waals surface area contributed by atoms with Crippen molar-refractivity contribution in [3.63, 3.8) is 0 Å². The van der Waals surface area contributed by atoms with Crippen LogP contribution in [0.4, 0.5) is 0 Å². The molecule has 1 aromatic rings. The van der Waals surface area contributed by atoms with E-state index in [1.165, 1.54) is 0 Å². The molecule has 0 fully saturated rings. The van der Waals surface area contributed by atoms with Gasteiger partial charge >= 0.3 is 0 Å². The van der Waals surface area contributed by atoms with Gasteiger partial charge in [0.15, 0.2) is 0 Å². The molecule has 0 aliphatic rings. The van der Waals surface area contributed by atoms with Gasteiger partial charge in [-0.15, -0.1) is 12.3 Å². The Morgan fingerprint density at radius 3 is 3.09 bits per heavy atom. The molecule has 56 valence electrons. The number of rotatable bonds is 2. The molecule has 2 heteroatoms. The van der Waals surface area contributed by atoms with Gasteiger partial charge < -0.3 is 4.74 Å². The molecule has 0 bridgehead atoms. The van der Waals surface area contributed by atoms with E-state index >= 15 is 0 Å². The van der Waals surface area contributed by atoms with E-state index in [0.29, 0.717) is 12.3 Å². The quantitative estimate of drug-likeness (QED) is 0.587. The average Bonchev–Trinajstić information content (AvgIpc) is 2.06. The van der Waals surface area contributed by atoms with Gasteiger partial charge in [-0.05, 0) is 6.07 Å². The minimum Gasteiger partial charge on any atom is -0.481 e. The van der Waals surface area contributed by atoms with Crippen LogP contribution in [0.3, 0.4) is 0 Å². The lowest BCUT2D eigenvalue weighted by Crippen LogP contribution is -1.91. The van der Waals surface area contributed by atoms with Crippen LogP contribution in [-0.4, -0.2) is 12.1 Å². The Bertz CT molecular complexity index is 275. The summed E-state index contributed by atoms with van der Waals surface area (Å²) in [4.78, 5) is 4.12. The molecule has 0 radical (unpaired) electrons. The molecule has 1 heterocycles. The van der Waals surface area contributed by atoms with Crippen molar-refractivity contribution in [1.82, 2.24) is 4.98 Å². The molecule has 0 N–H and O–H groups in total. The molecule has 0 unspecified atom stereocenters. The Labute approximate surface area is 66.2 Å². The zero-order valence-electron chi connectivity index (χ0n) is 6.37. The summed E-state index contributed by atoms with van der Waals surface area (Å²) in [6.07, 6.45) is 5.67. The van der Waals surface area contributed by atoms with Gasteiger partial charge in [0.25, 0.3) is 0 Å². The number of terminal acetylenes is 1. The molecule has 0 aliphatic heterocycles. The standard InChI is InChI=1S/C9H9NO/c1-3-5-8-6-4-7-9(10-8)11-2/h1,4,6-7H,5H2,2H3. The van der Waals surface area contributed by atoms with E-state index in [2.05, 4.69) is 10.9 Å². The fourth-order valence-electron chi connectivity index (χ4n) is 0.774. The van der Waals surface area contributed by atoms with Crippen LogP contribution in [0.1, 0.15) is 5.69 Å². The third-order valence-electron chi connectivity index (χ3n) is 1.27. The molecule has 0 aliphatic carbocycles. The third kappa shape index (κ3) is 1.98. The van der Waals surface area contributed by atoms with E-state index < -0.39 is 0 Å². The summed E-state index contributed by atoms with van der Waals surface area (Å²) in [5.41, 5.74) is 0.867. The summed E-state index contributed by atoms with van der Waals surface area (Å²) >= 11 is 0. The van der Waals surface area contributed by atoms with Gasteiger partial charge in [-0.3, -0.25) is 0 Å². The maximum Gasteiger partial charge on any atom is 0.213 e. The zero-order chi connectivity index (χ0) is 8.10. The zero-order valence-corrected chi connectivity index (χ0v) is 6.37. The van der Waals surface area contributed by atoms with Gasteiger partial charge in [0.1, 0.15) is 0 Å². The third-order valence-corrected chi connectivity index (χ3v) is 1.27. The number of pyridine rings is 1. The highest BCUT2D eigenvalue weighted by molar-refractivity contribution is 5.18. The second-order valence-corrected chi connectivity index (χ2v) is 2.05. The van der Waals surface area contributed by atoms with Gasteiger partial charge in [-0.1, -0.05) is 6.07 Å². The number of hydrogen-bond donors (Lipinski definition) is 0. The Hall–Kier alpha value is -1.49. The van der Waals surface area contributed by atoms with Crippen molar-refractivity contribution < 1.29 is 4.74 Å². The number of ether oxygens (including phenoxy) is 1. The summed E-state index contributed by atoms with van der Waals surface area (Å²) < 4.78 is 4.92. The minimum atomic E-state index is 0.553. The first-order chi connectivity index (χ1) is 5.36. The van der Waals surface area contributed by atoms with Crippen LogP contribution >= 0.6 is 0 Å². The lowest BCUT2D eigenvalue weighted by Gasteiger charge is -1.98. The fourth-order valence-corrected chi connectivity index (χ4v) is 0.774. The second-order valence-electron chi connectivity index (χ2n) is 2.05. The van der Waals surface area contributed by atoms with Gasteiger partial charge in [-0.25, -0.2) is 4.98 Å². The van der Waals surface area contributed by atoms with Crippen LogP contribution in [0, 0.1) is 12.3 Å². The average molecular weight is 147 g/mol. The van der Waals surface area contributed by atoms with Gasteiger partial charge in [0.2, 0.25) is 5.88 Å². The van der Waals surface area contributed by atoms with Crippen LogP contribution in [0.5, 0.6) is 5.88 Å². The van der Waals surface area contributed by atoms with E-state index in [1.807, 2.05) is 12.1 Å². The first-order valence-corrected chi connectivity index (χ1v) is 3.30. The lowest BCUT2D eigenvalue weighted by molar-refractivity contribution is 0.396. The van der Waals surface area contributed by atoms with Crippen LogP contribution in [-0.2, 0) is 6.42 Å². The summed E-state index contributed by atoms with van der Waals surface area (Å²) in [5, 5.41) is 0. The lowest BCUT2D eigenvalue weighted by atomic mass is 10.3. The van der Waals surface area contributed by atoms with Crippen molar-refractivity contribution in [2.24, 2.45) is 0 Å². The SMILES string of the molecule is C#CCc1cccc(OC)n1. The molecule has 1 aromatic heterocycles. The molecule has 11 heavy (non-hydrogen) atoms. The van der Waals surface area contributed by atoms with Crippen molar-refractivity contribution in [1.29, 1.82) is 0 Å². The molecule has 2 nitrogen and oxygen atoms in total. The molecule has 1 rings (SSSR count). The molecule has 0 aromatic carbocycles. The monoisotopic (exact) mass is 147 g/mol. The van der Waals surface area contributed by atoms with Crippen molar-refractivity contribution in [3.8, 4) is 18.2 Å². The molecular formula is C9H9NO. The molecule has 0 atom stereocenters. The summed E-state index contributed by atoms with van der Waals surface area (Å²) in [6.45, 7) is 0. The summed E-state index contributed by atoms with van der Waals surface area (Å²) in [6, 6.07) is 5.54. The number of hydrogen-bond acceptors (Lipinski definition) is 2. The maximum absolute atomic E-state index is 5.12. The number of nitrogens with zero attached hydrogens (tertiary/aromatic N) is 1. The molecule has 0 spiro atoms. The van der Waals surface area contributed by atoms with Crippen LogP contribution in [0.2, 0.25) is 0 Å². The molecule has 0 saturated carbocycles. The summed E-state index contributed by atoms with van der Waals surface area (Å²) in [7, 11) is 1.59. The minimum absolute atomic E-state index is 0.553. The van der Waals surface area contributed by atoms with Crippen LogP contribution in [0.25, 0.3) is 0 Å². The van der Waals surface area contributed by atoms with Gasteiger partial charge in [0.05, 0.1) is 19.2 Å². The Balaban J connectivity index is 2.84. The van der Waals surface area contributed by atoms with Crippen LogP contribution < -0.4 is 4.74 Å². The summed E-state index contributed by atoms with van der Waals surface area (Å²) in [5.74, 6) is 3.13. The first-order valence-electron chi connectivity index (χ1n) is 3.30. The van der Waals surface area contributed by atoms with E-state index in [0.717, 1.165) is 5.69 Å². The van der Waals surface area contributed by atoms with Crippen molar-refractivity contribution >= 4 is 0 Å². The maximum atomic E-state index is 5.12. The number of methoxy groups -OCH3 is 1. The predicted molar refractivity (Wildman–Crippen MR) is 43.3 cm³/mol. The van der Waals surface area contributed by atoms with Crippen molar-refractivity contribution in [2.75, 3.05) is 7.11 Å². The fraction of sp³-hybridized carbons (Fsp3) is 0.222. The van der Waals surface area contributed by atoms with Crippen LogP contribution in [0.15, 0.2) is 18.2 Å². The number of aromatic nitrogens is 1. The normalized spacial score (nSPS) is 8.73. The topological polar surface area (TPSA) is 22.1 Å². The molecule has 0 saturated heterocycles. The Kier molecular flexibility index (Phi) is 2.51. The molecular weight excluding hydrogens is 138 g/mol. The second kappa shape index (κ2) is 3.62. The molecule has 0 amide bonds. The predicted octanol–water partition coefficient (Wildman–Crippen LogP) is 1.27. The van der Waals surface area contributed by atoms with E-state index in [1.54, 1.807) is 13.2 Å². The first kappa shape index (κ1) is 7.62. The van der Waals surface area contributed by atoms with E-state index in [-0.39, 0.29) is 0 Å². The van der Waals surface area contributed by atoms with Gasteiger partial charge in [-0.2, -0.15) is 0 Å². The van der Waals surface area contributed by atoms with E-state index in [4.69, 9.17) is 11.2 Å². The highest BCUT2D eigenvalue weighted by atomic mass is 16.5. The Morgan fingerprint density at radius 2 is 2.45 bits per heavy atom.